The molecule has 0 amide bonds. The van der Waals surface area contributed by atoms with Gasteiger partial charge in [-0.15, -0.1) is 0 Å². The van der Waals surface area contributed by atoms with Crippen LogP contribution in [0, 0.1) is 0 Å². The van der Waals surface area contributed by atoms with E-state index in [-0.39, 0.29) is 5.78 Å². The summed E-state index contributed by atoms with van der Waals surface area (Å²) in [6.45, 7) is 0. The average molecular weight is 421 g/mol. The van der Waals surface area contributed by atoms with E-state index >= 15 is 0 Å². The van der Waals surface area contributed by atoms with Crippen molar-refractivity contribution in [1.29, 1.82) is 0 Å². The van der Waals surface area contributed by atoms with Gasteiger partial charge in [0.05, 0.1) is 5.56 Å². The summed E-state index contributed by atoms with van der Waals surface area (Å²) in [6, 6.07) is 16.7. The minimum absolute atomic E-state index is 0.191. The molecule has 0 fully saturated rings. The van der Waals surface area contributed by atoms with Crippen molar-refractivity contribution in [2.75, 3.05) is 11.9 Å². The summed E-state index contributed by atoms with van der Waals surface area (Å²) < 4.78 is 5.49. The fourth-order valence-corrected chi connectivity index (χ4v) is 3.84. The molecule has 0 radical (unpaired) electrons. The largest absolute Gasteiger partial charge is 0.423 e. The fraction of sp³-hybridized carbons (Fsp3) is 0.0769. The number of allylic oxidation sites excluding steroid dienone is 2. The predicted octanol–water partition coefficient (Wildman–Crippen LogP) is 4.22. The molecule has 2 heterocycles. The number of anilines is 1. The topological polar surface area (TPSA) is 71.9 Å². The molecule has 0 spiro atoms. The molecule has 1 aliphatic carbocycles. The number of nitrogens with zero attached hydrogens (tertiary/aromatic N) is 3. The number of ether oxygens (including phenoxy) is 1. The number of aliphatic imine (C=N–C) groups is 1. The molecule has 1 aliphatic heterocycles. The van der Waals surface area contributed by atoms with Crippen molar-refractivity contribution < 1.29 is 14.3 Å². The van der Waals surface area contributed by atoms with Gasteiger partial charge in [0.15, 0.2) is 0 Å². The molecular formula is C26H19N3O3. The molecule has 2 aromatic carbocycles. The standard InChI is InChI=1S/C26H19N3O3/c1-29-20(13-18-5-2-3-7-23(18)29)16-28-25-22-14-21(10-8-17(22)9-11-24(25)30)32-26(31)19-6-4-12-27-15-19/h2-12,14-16H,13H2,1H3/b20-16+,28-25?. The lowest BCUT2D eigenvalue weighted by Crippen LogP contribution is -2.18. The van der Waals surface area contributed by atoms with Crippen LogP contribution in [-0.2, 0) is 11.2 Å². The van der Waals surface area contributed by atoms with Crippen LogP contribution in [0.3, 0.4) is 0 Å². The van der Waals surface area contributed by atoms with Gasteiger partial charge >= 0.3 is 5.97 Å². The van der Waals surface area contributed by atoms with Gasteiger partial charge in [0, 0.05) is 49.0 Å². The number of benzene rings is 2. The van der Waals surface area contributed by atoms with Crippen molar-refractivity contribution in [3.8, 4) is 5.75 Å². The molecule has 0 saturated carbocycles. The van der Waals surface area contributed by atoms with E-state index in [1.807, 2.05) is 25.2 Å². The number of esters is 1. The van der Waals surface area contributed by atoms with Crippen LogP contribution in [-0.4, -0.2) is 29.5 Å². The first-order valence-corrected chi connectivity index (χ1v) is 10.2. The summed E-state index contributed by atoms with van der Waals surface area (Å²) in [4.78, 5) is 35.6. The maximum atomic E-state index is 12.6. The SMILES string of the molecule is CN1/C(=C/N=C2C(=O)C=Cc3ccc(OC(=O)c4cccnc4)cc32)Cc2ccccc21. The van der Waals surface area contributed by atoms with Crippen molar-refractivity contribution in [2.45, 2.75) is 6.42 Å². The lowest BCUT2D eigenvalue weighted by atomic mass is 9.94. The third-order valence-corrected chi connectivity index (χ3v) is 5.53. The number of hydrogen-bond donors (Lipinski definition) is 0. The summed E-state index contributed by atoms with van der Waals surface area (Å²) in [5, 5.41) is 0. The number of rotatable bonds is 3. The Hall–Kier alpha value is -4.32. The van der Waals surface area contributed by atoms with Gasteiger partial charge in [-0.05, 0) is 47.5 Å². The number of ketones is 1. The number of likely N-dealkylation sites (N-methyl/N-ethyl adjacent to an activating group) is 1. The highest BCUT2D eigenvalue weighted by Crippen LogP contribution is 2.33. The minimum atomic E-state index is -0.512. The maximum Gasteiger partial charge on any atom is 0.345 e. The second-order valence-corrected chi connectivity index (χ2v) is 7.54. The zero-order chi connectivity index (χ0) is 22.1. The van der Waals surface area contributed by atoms with Gasteiger partial charge < -0.3 is 9.64 Å². The van der Waals surface area contributed by atoms with Crippen LogP contribution in [0.5, 0.6) is 5.75 Å². The molecule has 0 N–H and O–H groups in total. The van der Waals surface area contributed by atoms with Crippen LogP contribution in [0.1, 0.15) is 27.0 Å². The van der Waals surface area contributed by atoms with Gasteiger partial charge in [-0.2, -0.15) is 0 Å². The van der Waals surface area contributed by atoms with Crippen LogP contribution in [0.15, 0.2) is 90.0 Å². The third kappa shape index (κ3) is 3.63. The van der Waals surface area contributed by atoms with E-state index in [0.29, 0.717) is 22.6 Å². The lowest BCUT2D eigenvalue weighted by molar-refractivity contribution is -0.108. The highest BCUT2D eigenvalue weighted by Gasteiger charge is 2.22. The normalized spacial score (nSPS) is 16.9. The molecular weight excluding hydrogens is 402 g/mol. The second kappa shape index (κ2) is 8.07. The zero-order valence-corrected chi connectivity index (χ0v) is 17.4. The minimum Gasteiger partial charge on any atom is -0.423 e. The smallest absolute Gasteiger partial charge is 0.345 e. The van der Waals surface area contributed by atoms with E-state index in [2.05, 4.69) is 27.0 Å². The molecule has 1 aromatic heterocycles. The number of carbonyl (C=O) groups excluding carboxylic acids is 2. The Balaban J connectivity index is 1.45. The molecule has 32 heavy (non-hydrogen) atoms. The van der Waals surface area contributed by atoms with Crippen molar-refractivity contribution in [3.63, 3.8) is 0 Å². The molecule has 5 rings (SSSR count). The Kier molecular flexibility index (Phi) is 4.95. The van der Waals surface area contributed by atoms with E-state index in [4.69, 9.17) is 4.74 Å². The first-order valence-electron chi connectivity index (χ1n) is 10.2. The van der Waals surface area contributed by atoms with E-state index in [1.165, 1.54) is 17.8 Å². The molecule has 2 aliphatic rings. The molecule has 0 bridgehead atoms. The Bertz CT molecular complexity index is 1320. The number of hydrogen-bond acceptors (Lipinski definition) is 6. The van der Waals surface area contributed by atoms with Gasteiger partial charge in [0.2, 0.25) is 5.78 Å². The summed E-state index contributed by atoms with van der Waals surface area (Å²) in [5.74, 6) is -0.364. The molecule has 0 unspecified atom stereocenters. The summed E-state index contributed by atoms with van der Waals surface area (Å²) in [7, 11) is 1.99. The lowest BCUT2D eigenvalue weighted by Gasteiger charge is -2.15. The van der Waals surface area contributed by atoms with Crippen molar-refractivity contribution in [2.24, 2.45) is 4.99 Å². The Labute approximate surface area is 185 Å². The van der Waals surface area contributed by atoms with Crippen LogP contribution < -0.4 is 9.64 Å². The summed E-state index contributed by atoms with van der Waals surface area (Å²) >= 11 is 0. The first kappa shape index (κ1) is 19.6. The highest BCUT2D eigenvalue weighted by atomic mass is 16.5. The van der Waals surface area contributed by atoms with Crippen molar-refractivity contribution in [3.05, 3.63) is 107 Å². The number of carbonyl (C=O) groups is 2. The molecule has 6 nitrogen and oxygen atoms in total. The first-order chi connectivity index (χ1) is 15.6. The summed E-state index contributed by atoms with van der Waals surface area (Å²) in [6.07, 6.45) is 8.78. The van der Waals surface area contributed by atoms with Gasteiger partial charge in [-0.1, -0.05) is 30.3 Å². The average Bonchev–Trinajstić information content (AvgIpc) is 3.14. The van der Waals surface area contributed by atoms with Crippen LogP contribution in [0.25, 0.3) is 6.08 Å². The van der Waals surface area contributed by atoms with Gasteiger partial charge in [-0.25, -0.2) is 4.79 Å². The number of pyridine rings is 1. The molecule has 0 saturated heterocycles. The number of para-hydroxylation sites is 1. The number of fused-ring (bicyclic) bond motifs is 2. The molecule has 6 heteroatoms. The van der Waals surface area contributed by atoms with E-state index in [0.717, 1.165) is 23.4 Å². The van der Waals surface area contributed by atoms with Crippen molar-refractivity contribution in [1.82, 2.24) is 4.98 Å². The van der Waals surface area contributed by atoms with E-state index in [1.54, 1.807) is 42.7 Å². The van der Waals surface area contributed by atoms with Crippen molar-refractivity contribution >= 4 is 29.2 Å². The zero-order valence-electron chi connectivity index (χ0n) is 17.4. The molecule has 0 atom stereocenters. The van der Waals surface area contributed by atoms with Gasteiger partial charge in [-0.3, -0.25) is 14.8 Å². The van der Waals surface area contributed by atoms with E-state index < -0.39 is 5.97 Å². The Morgan fingerprint density at radius 3 is 2.81 bits per heavy atom. The quantitative estimate of drug-likeness (QED) is 0.468. The van der Waals surface area contributed by atoms with E-state index in [9.17, 15) is 9.59 Å². The second-order valence-electron chi connectivity index (χ2n) is 7.54. The van der Waals surface area contributed by atoms with Crippen LogP contribution >= 0.6 is 0 Å². The molecule has 156 valence electrons. The molecule has 3 aromatic rings. The van der Waals surface area contributed by atoms with Gasteiger partial charge in [0.1, 0.15) is 11.5 Å². The Morgan fingerprint density at radius 2 is 2.00 bits per heavy atom. The number of aromatic nitrogens is 1. The highest BCUT2D eigenvalue weighted by molar-refractivity contribution is 6.52. The summed E-state index contributed by atoms with van der Waals surface area (Å²) in [5.41, 5.74) is 5.50. The maximum absolute atomic E-state index is 12.6. The van der Waals surface area contributed by atoms with Gasteiger partial charge in [0.25, 0.3) is 0 Å². The van der Waals surface area contributed by atoms with Crippen LogP contribution in [0.4, 0.5) is 5.69 Å². The Morgan fingerprint density at radius 1 is 1.12 bits per heavy atom. The monoisotopic (exact) mass is 421 g/mol. The van der Waals surface area contributed by atoms with Crippen LogP contribution in [0.2, 0.25) is 0 Å². The predicted molar refractivity (Wildman–Crippen MR) is 123 cm³/mol. The third-order valence-electron chi connectivity index (χ3n) is 5.53. The fourth-order valence-electron chi connectivity index (χ4n) is 3.84.